The molecule has 1 saturated heterocycles. The first-order chi connectivity index (χ1) is 14.9. The number of nitrogens with zero attached hydrogens (tertiary/aromatic N) is 2. The molecule has 1 aliphatic rings. The Morgan fingerprint density at radius 3 is 2.71 bits per heavy atom. The second-order valence-corrected chi connectivity index (χ2v) is 9.72. The molecule has 1 amide bonds. The highest BCUT2D eigenvalue weighted by Gasteiger charge is 2.28. The van der Waals surface area contributed by atoms with Crippen LogP contribution in [0.2, 0.25) is 0 Å². The lowest BCUT2D eigenvalue weighted by atomic mass is 10.1. The molecule has 0 saturated carbocycles. The van der Waals surface area contributed by atoms with Crippen LogP contribution in [0.1, 0.15) is 16.8 Å². The molecule has 0 radical (unpaired) electrons. The fraction of sp³-hybridized carbons (Fsp3) is 0.238. The molecule has 10 heteroatoms. The third-order valence-electron chi connectivity index (χ3n) is 4.90. The van der Waals surface area contributed by atoms with Crippen molar-refractivity contribution in [3.63, 3.8) is 0 Å². The Morgan fingerprint density at radius 1 is 1.16 bits per heavy atom. The Morgan fingerprint density at radius 2 is 2.00 bits per heavy atom. The van der Waals surface area contributed by atoms with Gasteiger partial charge in [-0.3, -0.25) is 14.4 Å². The Kier molecular flexibility index (Phi) is 5.84. The molecule has 1 N–H and O–H groups in total. The lowest BCUT2D eigenvalue weighted by molar-refractivity contribution is 0.102. The standard InChI is InChI=1S/C21H21N3O5S2/c1-28-16-7-8-19(29-2)17(12-16)18-13-30-21(22-18)23-20(25)14-5-3-6-15(11-14)24-9-4-10-31(24,26)27/h3,5-8,11-13H,4,9-10H2,1-2H3,(H,22,23,25). The molecule has 0 aliphatic carbocycles. The summed E-state index contributed by atoms with van der Waals surface area (Å²) < 4.78 is 36.4. The zero-order valence-electron chi connectivity index (χ0n) is 17.0. The molecule has 2 heterocycles. The van der Waals surface area contributed by atoms with Gasteiger partial charge in [0.15, 0.2) is 5.13 Å². The van der Waals surface area contributed by atoms with E-state index in [9.17, 15) is 13.2 Å². The van der Waals surface area contributed by atoms with Crippen LogP contribution in [0.15, 0.2) is 47.8 Å². The van der Waals surface area contributed by atoms with Gasteiger partial charge in [0.05, 0.1) is 31.4 Å². The Hall–Kier alpha value is -3.11. The normalized spacial score (nSPS) is 15.0. The molecule has 0 atom stereocenters. The molecule has 0 unspecified atom stereocenters. The SMILES string of the molecule is COc1ccc(OC)c(-c2csc(NC(=O)c3cccc(N4CCCS4(=O)=O)c3)n2)c1. The molecular weight excluding hydrogens is 438 g/mol. The Labute approximate surface area is 184 Å². The number of amides is 1. The second kappa shape index (κ2) is 8.56. The van der Waals surface area contributed by atoms with Crippen LogP contribution in [0.4, 0.5) is 10.8 Å². The zero-order chi connectivity index (χ0) is 22.0. The molecule has 8 nitrogen and oxygen atoms in total. The number of methoxy groups -OCH3 is 2. The van der Waals surface area contributed by atoms with Crippen LogP contribution >= 0.6 is 11.3 Å². The van der Waals surface area contributed by atoms with Crippen molar-refractivity contribution in [2.45, 2.75) is 6.42 Å². The molecule has 0 bridgehead atoms. The number of hydrogen-bond donors (Lipinski definition) is 1. The van der Waals surface area contributed by atoms with Crippen molar-refractivity contribution < 1.29 is 22.7 Å². The van der Waals surface area contributed by atoms with Gasteiger partial charge in [0.2, 0.25) is 10.0 Å². The fourth-order valence-electron chi connectivity index (χ4n) is 3.37. The number of anilines is 2. The summed E-state index contributed by atoms with van der Waals surface area (Å²) in [4.78, 5) is 17.3. The van der Waals surface area contributed by atoms with E-state index in [4.69, 9.17) is 9.47 Å². The van der Waals surface area contributed by atoms with E-state index in [1.807, 2.05) is 11.4 Å². The van der Waals surface area contributed by atoms with Crippen molar-refractivity contribution in [3.05, 3.63) is 53.4 Å². The maximum atomic E-state index is 12.8. The molecule has 3 aromatic rings. The van der Waals surface area contributed by atoms with Gasteiger partial charge in [-0.05, 0) is 42.8 Å². The Balaban J connectivity index is 1.55. The molecule has 4 rings (SSSR count). The van der Waals surface area contributed by atoms with E-state index in [0.29, 0.717) is 46.5 Å². The van der Waals surface area contributed by atoms with Crippen molar-refractivity contribution >= 4 is 38.1 Å². The summed E-state index contributed by atoms with van der Waals surface area (Å²) in [6.45, 7) is 0.422. The number of benzene rings is 2. The molecule has 2 aromatic carbocycles. The Bertz CT molecular complexity index is 1220. The number of hydrogen-bond acceptors (Lipinski definition) is 7. The van der Waals surface area contributed by atoms with Crippen LogP contribution in [0.25, 0.3) is 11.3 Å². The van der Waals surface area contributed by atoms with E-state index in [1.54, 1.807) is 50.6 Å². The summed E-state index contributed by atoms with van der Waals surface area (Å²) in [5.41, 5.74) is 2.24. The van der Waals surface area contributed by atoms with E-state index in [2.05, 4.69) is 10.3 Å². The van der Waals surface area contributed by atoms with Gasteiger partial charge < -0.3 is 9.47 Å². The van der Waals surface area contributed by atoms with Crippen LogP contribution in [0.5, 0.6) is 11.5 Å². The maximum absolute atomic E-state index is 12.8. The summed E-state index contributed by atoms with van der Waals surface area (Å²) in [7, 11) is -0.152. The molecule has 0 spiro atoms. The van der Waals surface area contributed by atoms with Crippen molar-refractivity contribution in [1.29, 1.82) is 0 Å². The molecule has 162 valence electrons. The van der Waals surface area contributed by atoms with E-state index in [-0.39, 0.29) is 11.7 Å². The molecule has 1 fully saturated rings. The molecule has 1 aliphatic heterocycles. The minimum atomic E-state index is -3.31. The van der Waals surface area contributed by atoms with Gasteiger partial charge in [-0.1, -0.05) is 6.07 Å². The zero-order valence-corrected chi connectivity index (χ0v) is 18.6. The number of thiazole rings is 1. The first kappa shape index (κ1) is 21.1. The van der Waals surface area contributed by atoms with Crippen LogP contribution in [-0.2, 0) is 10.0 Å². The summed E-state index contributed by atoms with van der Waals surface area (Å²) in [6, 6.07) is 12.0. The smallest absolute Gasteiger partial charge is 0.257 e. The summed E-state index contributed by atoms with van der Waals surface area (Å²) in [5, 5.41) is 5.02. The first-order valence-corrected chi connectivity index (χ1v) is 12.0. The van der Waals surface area contributed by atoms with Crippen molar-refractivity contribution in [2.75, 3.05) is 36.1 Å². The van der Waals surface area contributed by atoms with Gasteiger partial charge in [0.1, 0.15) is 11.5 Å². The summed E-state index contributed by atoms with van der Waals surface area (Å²) in [6.07, 6.45) is 0.578. The number of carbonyl (C=O) groups excluding carboxylic acids is 1. The van der Waals surface area contributed by atoms with E-state index in [0.717, 1.165) is 5.56 Å². The monoisotopic (exact) mass is 459 g/mol. The molecular formula is C21H21N3O5S2. The topological polar surface area (TPSA) is 97.8 Å². The van der Waals surface area contributed by atoms with Crippen molar-refractivity contribution in [3.8, 4) is 22.8 Å². The second-order valence-electron chi connectivity index (χ2n) is 6.85. The van der Waals surface area contributed by atoms with Crippen LogP contribution in [0, 0.1) is 0 Å². The van der Waals surface area contributed by atoms with E-state index >= 15 is 0 Å². The van der Waals surface area contributed by atoms with Crippen LogP contribution in [0.3, 0.4) is 0 Å². The number of aromatic nitrogens is 1. The van der Waals surface area contributed by atoms with Crippen molar-refractivity contribution in [1.82, 2.24) is 4.98 Å². The quantitative estimate of drug-likeness (QED) is 0.605. The van der Waals surface area contributed by atoms with Gasteiger partial charge in [-0.2, -0.15) is 0 Å². The molecule has 1 aromatic heterocycles. The highest BCUT2D eigenvalue weighted by atomic mass is 32.2. The third kappa shape index (κ3) is 4.35. The van der Waals surface area contributed by atoms with E-state index in [1.165, 1.54) is 15.6 Å². The maximum Gasteiger partial charge on any atom is 0.257 e. The molecule has 31 heavy (non-hydrogen) atoms. The lowest BCUT2D eigenvalue weighted by Crippen LogP contribution is -2.25. The van der Waals surface area contributed by atoms with Gasteiger partial charge in [-0.15, -0.1) is 11.3 Å². The average Bonchev–Trinajstić information content (AvgIpc) is 3.38. The van der Waals surface area contributed by atoms with Gasteiger partial charge in [-0.25, -0.2) is 13.4 Å². The van der Waals surface area contributed by atoms with Crippen LogP contribution in [-0.4, -0.2) is 45.8 Å². The largest absolute Gasteiger partial charge is 0.497 e. The third-order valence-corrected chi connectivity index (χ3v) is 7.53. The lowest BCUT2D eigenvalue weighted by Gasteiger charge is -2.17. The van der Waals surface area contributed by atoms with Gasteiger partial charge in [0.25, 0.3) is 5.91 Å². The number of rotatable bonds is 6. The van der Waals surface area contributed by atoms with Gasteiger partial charge in [0, 0.05) is 23.1 Å². The van der Waals surface area contributed by atoms with Crippen LogP contribution < -0.4 is 19.1 Å². The predicted octanol–water partition coefficient (Wildman–Crippen LogP) is 3.62. The first-order valence-electron chi connectivity index (χ1n) is 9.51. The van der Waals surface area contributed by atoms with Crippen molar-refractivity contribution in [2.24, 2.45) is 0 Å². The summed E-state index contributed by atoms with van der Waals surface area (Å²) in [5.74, 6) is 1.07. The van der Waals surface area contributed by atoms with E-state index < -0.39 is 10.0 Å². The predicted molar refractivity (Wildman–Crippen MR) is 121 cm³/mol. The number of nitrogens with one attached hydrogen (secondary N) is 1. The fourth-order valence-corrected chi connectivity index (χ4v) is 5.63. The highest BCUT2D eigenvalue weighted by molar-refractivity contribution is 7.93. The highest BCUT2D eigenvalue weighted by Crippen LogP contribution is 2.35. The number of ether oxygens (including phenoxy) is 2. The minimum absolute atomic E-state index is 0.124. The minimum Gasteiger partial charge on any atom is -0.497 e. The average molecular weight is 460 g/mol. The summed E-state index contributed by atoms with van der Waals surface area (Å²) >= 11 is 1.28. The number of carbonyl (C=O) groups is 1. The van der Waals surface area contributed by atoms with Gasteiger partial charge >= 0.3 is 0 Å². The number of sulfonamides is 1.